The van der Waals surface area contributed by atoms with E-state index in [0.717, 1.165) is 32.2 Å². The largest absolute Gasteiger partial charge is 0.497 e. The van der Waals surface area contributed by atoms with Crippen LogP contribution in [0.5, 0.6) is 11.5 Å². The minimum atomic E-state index is -0.278. The summed E-state index contributed by atoms with van der Waals surface area (Å²) < 4.78 is 16.8. The highest BCUT2D eigenvalue weighted by Gasteiger charge is 2.14. The van der Waals surface area contributed by atoms with Gasteiger partial charge in [-0.15, -0.1) is 23.1 Å². The molecule has 4 nitrogen and oxygen atoms in total. The molecule has 0 N–H and O–H groups in total. The summed E-state index contributed by atoms with van der Waals surface area (Å²) in [6.07, 6.45) is 0. The number of thioether (sulfide) groups is 1. The number of carbonyl (C=O) groups is 1. The van der Waals surface area contributed by atoms with Crippen molar-refractivity contribution in [2.45, 2.75) is 17.6 Å². The van der Waals surface area contributed by atoms with E-state index in [-0.39, 0.29) is 5.97 Å². The van der Waals surface area contributed by atoms with Crippen molar-refractivity contribution >= 4 is 39.2 Å². The maximum absolute atomic E-state index is 12.0. The fraction of sp³-hybridized carbons (Fsp3) is 0.250. The molecule has 6 heteroatoms. The molecule has 0 atom stereocenters. The van der Waals surface area contributed by atoms with Crippen LogP contribution in [0.2, 0.25) is 0 Å². The summed E-state index contributed by atoms with van der Waals surface area (Å²) >= 11 is 3.13. The van der Waals surface area contributed by atoms with Crippen molar-refractivity contribution in [3.8, 4) is 11.5 Å². The summed E-state index contributed by atoms with van der Waals surface area (Å²) in [4.78, 5) is 13.6. The van der Waals surface area contributed by atoms with Gasteiger partial charge in [-0.05, 0) is 48.2 Å². The summed E-state index contributed by atoms with van der Waals surface area (Å²) in [5.41, 5.74) is 1.20. The second-order valence-corrected chi connectivity index (χ2v) is 7.61. The quantitative estimate of drug-likeness (QED) is 0.401. The van der Waals surface area contributed by atoms with E-state index in [0.29, 0.717) is 11.5 Å². The number of methoxy groups -OCH3 is 2. The Hall–Kier alpha value is -2.18. The van der Waals surface area contributed by atoms with E-state index in [4.69, 9.17) is 14.2 Å². The Morgan fingerprint density at radius 2 is 1.85 bits per heavy atom. The van der Waals surface area contributed by atoms with E-state index >= 15 is 0 Å². The third-order valence-electron chi connectivity index (χ3n) is 3.83. The molecule has 0 radical (unpaired) electrons. The van der Waals surface area contributed by atoms with Crippen LogP contribution in [0, 0.1) is 0 Å². The number of rotatable bonds is 7. The van der Waals surface area contributed by atoms with Gasteiger partial charge in [0.2, 0.25) is 0 Å². The van der Waals surface area contributed by atoms with Gasteiger partial charge in [-0.1, -0.05) is 12.1 Å². The molecule has 3 aromatic rings. The Morgan fingerprint density at radius 3 is 2.50 bits per heavy atom. The third kappa shape index (κ3) is 4.14. The highest BCUT2D eigenvalue weighted by Crippen LogP contribution is 2.38. The summed E-state index contributed by atoms with van der Waals surface area (Å²) in [5.74, 6) is 2.21. The van der Waals surface area contributed by atoms with Crippen LogP contribution >= 0.6 is 23.1 Å². The standard InChI is InChI=1S/C20H20O4S2/c1-4-24-20(21)19-10-14-9-18(16(23-3)11-17(14)26-19)25-12-13-5-7-15(22-2)8-6-13/h5-11H,4,12H2,1-3H3. The van der Waals surface area contributed by atoms with E-state index in [1.54, 1.807) is 26.0 Å². The van der Waals surface area contributed by atoms with Crippen molar-refractivity contribution in [3.63, 3.8) is 0 Å². The molecule has 0 spiro atoms. The van der Waals surface area contributed by atoms with Crippen LogP contribution < -0.4 is 9.47 Å². The Balaban J connectivity index is 1.83. The molecule has 26 heavy (non-hydrogen) atoms. The molecule has 0 aliphatic rings. The van der Waals surface area contributed by atoms with Crippen molar-refractivity contribution in [1.82, 2.24) is 0 Å². The van der Waals surface area contributed by atoms with Crippen molar-refractivity contribution in [2.24, 2.45) is 0 Å². The molecule has 0 aliphatic carbocycles. The lowest BCUT2D eigenvalue weighted by Crippen LogP contribution is -2.01. The molecular weight excluding hydrogens is 368 g/mol. The zero-order valence-corrected chi connectivity index (χ0v) is 16.5. The number of thiophene rings is 1. The average molecular weight is 389 g/mol. The first-order chi connectivity index (χ1) is 12.6. The van der Waals surface area contributed by atoms with E-state index in [1.165, 1.54) is 16.9 Å². The van der Waals surface area contributed by atoms with Gasteiger partial charge in [0.05, 0.1) is 25.7 Å². The summed E-state index contributed by atoms with van der Waals surface area (Å²) in [6.45, 7) is 2.18. The van der Waals surface area contributed by atoms with E-state index in [2.05, 4.69) is 18.2 Å². The molecule has 1 heterocycles. The van der Waals surface area contributed by atoms with Gasteiger partial charge in [0.1, 0.15) is 16.4 Å². The molecule has 0 saturated heterocycles. The monoisotopic (exact) mass is 388 g/mol. The molecule has 0 amide bonds. The zero-order chi connectivity index (χ0) is 18.5. The Labute approximate surface area is 161 Å². The first kappa shape index (κ1) is 18.6. The molecule has 0 fully saturated rings. The van der Waals surface area contributed by atoms with Crippen LogP contribution in [0.15, 0.2) is 47.4 Å². The summed E-state index contributed by atoms with van der Waals surface area (Å²) in [6, 6.07) is 14.0. The van der Waals surface area contributed by atoms with E-state index < -0.39 is 0 Å². The van der Waals surface area contributed by atoms with Gasteiger partial charge < -0.3 is 14.2 Å². The molecule has 0 saturated carbocycles. The molecule has 0 unspecified atom stereocenters. The minimum absolute atomic E-state index is 0.278. The maximum Gasteiger partial charge on any atom is 0.348 e. The third-order valence-corrected chi connectivity index (χ3v) is 6.02. The molecule has 1 aromatic heterocycles. The van der Waals surface area contributed by atoms with E-state index in [9.17, 15) is 4.79 Å². The second kappa shape index (κ2) is 8.47. The highest BCUT2D eigenvalue weighted by molar-refractivity contribution is 7.98. The number of esters is 1. The van der Waals surface area contributed by atoms with Gasteiger partial charge in [0.25, 0.3) is 0 Å². The predicted octanol–water partition coefficient (Wildman–Crippen LogP) is 5.39. The van der Waals surface area contributed by atoms with Gasteiger partial charge in [-0.25, -0.2) is 4.79 Å². The zero-order valence-electron chi connectivity index (χ0n) is 14.9. The second-order valence-electron chi connectivity index (χ2n) is 5.51. The number of hydrogen-bond donors (Lipinski definition) is 0. The topological polar surface area (TPSA) is 44.8 Å². The van der Waals surface area contributed by atoms with Crippen LogP contribution in [0.25, 0.3) is 10.1 Å². The summed E-state index contributed by atoms with van der Waals surface area (Å²) in [7, 11) is 3.33. The lowest BCUT2D eigenvalue weighted by atomic mass is 10.2. The van der Waals surface area contributed by atoms with Crippen LogP contribution in [-0.2, 0) is 10.5 Å². The highest BCUT2D eigenvalue weighted by atomic mass is 32.2. The smallest absolute Gasteiger partial charge is 0.348 e. The van der Waals surface area contributed by atoms with Gasteiger partial charge in [0.15, 0.2) is 0 Å². The Kier molecular flexibility index (Phi) is 6.06. The van der Waals surface area contributed by atoms with Gasteiger partial charge >= 0.3 is 5.97 Å². The number of fused-ring (bicyclic) bond motifs is 1. The van der Waals surface area contributed by atoms with Crippen molar-refractivity contribution < 1.29 is 19.0 Å². The average Bonchev–Trinajstić information content (AvgIpc) is 3.09. The normalized spacial score (nSPS) is 10.7. The first-order valence-electron chi connectivity index (χ1n) is 8.19. The lowest BCUT2D eigenvalue weighted by molar-refractivity contribution is 0.0532. The number of ether oxygens (including phenoxy) is 3. The number of benzene rings is 2. The van der Waals surface area contributed by atoms with Gasteiger partial charge in [0, 0.05) is 10.5 Å². The number of carbonyl (C=O) groups excluding carboxylic acids is 1. The molecule has 2 aromatic carbocycles. The fourth-order valence-electron chi connectivity index (χ4n) is 2.51. The molecule has 0 aliphatic heterocycles. The molecule has 0 bridgehead atoms. The Bertz CT molecular complexity index is 900. The predicted molar refractivity (Wildman–Crippen MR) is 107 cm³/mol. The van der Waals surface area contributed by atoms with Gasteiger partial charge in [-0.3, -0.25) is 0 Å². The number of hydrogen-bond acceptors (Lipinski definition) is 6. The fourth-order valence-corrected chi connectivity index (χ4v) is 4.48. The van der Waals surface area contributed by atoms with Gasteiger partial charge in [-0.2, -0.15) is 0 Å². The van der Waals surface area contributed by atoms with Crippen LogP contribution in [0.1, 0.15) is 22.2 Å². The molecule has 3 rings (SSSR count). The Morgan fingerprint density at radius 1 is 1.08 bits per heavy atom. The van der Waals surface area contributed by atoms with Crippen molar-refractivity contribution in [1.29, 1.82) is 0 Å². The van der Waals surface area contributed by atoms with Crippen LogP contribution in [0.4, 0.5) is 0 Å². The van der Waals surface area contributed by atoms with Crippen molar-refractivity contribution in [2.75, 3.05) is 20.8 Å². The first-order valence-corrected chi connectivity index (χ1v) is 9.99. The van der Waals surface area contributed by atoms with Crippen LogP contribution in [-0.4, -0.2) is 26.8 Å². The molecule has 136 valence electrons. The maximum atomic E-state index is 12.0. The van der Waals surface area contributed by atoms with Crippen molar-refractivity contribution in [3.05, 3.63) is 52.9 Å². The lowest BCUT2D eigenvalue weighted by Gasteiger charge is -2.09. The van der Waals surface area contributed by atoms with Crippen LogP contribution in [0.3, 0.4) is 0 Å². The molecular formula is C20H20O4S2. The minimum Gasteiger partial charge on any atom is -0.497 e. The summed E-state index contributed by atoms with van der Waals surface area (Å²) in [5, 5.41) is 1.02. The SMILES string of the molecule is CCOC(=O)c1cc2cc(SCc3ccc(OC)cc3)c(OC)cc2s1. The van der Waals surface area contributed by atoms with E-state index in [1.807, 2.05) is 31.2 Å².